The van der Waals surface area contributed by atoms with Crippen LogP contribution in [-0.4, -0.2) is 14.7 Å². The number of benzene rings is 1. The molecule has 0 fully saturated rings. The molecule has 1 aliphatic carbocycles. The highest BCUT2D eigenvalue weighted by Gasteiger charge is 2.37. The summed E-state index contributed by atoms with van der Waals surface area (Å²) in [6.07, 6.45) is 4.12. The van der Waals surface area contributed by atoms with Crippen LogP contribution in [0.25, 0.3) is 5.57 Å². The van der Waals surface area contributed by atoms with Crippen LogP contribution in [0.4, 0.5) is 0 Å². The van der Waals surface area contributed by atoms with Gasteiger partial charge in [0.05, 0.1) is 17.6 Å². The largest absolute Gasteiger partial charge is 0.494 e. The number of fused-ring (bicyclic) bond motifs is 1. The van der Waals surface area contributed by atoms with Crippen LogP contribution in [0.1, 0.15) is 74.0 Å². The molecule has 31 heavy (non-hydrogen) atoms. The van der Waals surface area contributed by atoms with E-state index in [4.69, 9.17) is 0 Å². The number of aromatic hydroxyl groups is 1. The zero-order valence-electron chi connectivity index (χ0n) is 19.0. The molecule has 2 aromatic heterocycles. The maximum absolute atomic E-state index is 11.8. The molecule has 2 heterocycles. The quantitative estimate of drug-likeness (QED) is 0.566. The third-order valence-corrected chi connectivity index (χ3v) is 7.51. The summed E-state index contributed by atoms with van der Waals surface area (Å²) in [5, 5.41) is 11.3. The number of pyridine rings is 1. The first-order valence-corrected chi connectivity index (χ1v) is 11.5. The molecule has 162 valence electrons. The van der Waals surface area contributed by atoms with Crippen molar-refractivity contribution in [2.24, 2.45) is 0 Å². The number of aryl methyl sites for hydroxylation is 1. The molecule has 0 radical (unpaired) electrons. The maximum Gasteiger partial charge on any atom is 0.310 e. The van der Waals surface area contributed by atoms with Gasteiger partial charge in [-0.3, -0.25) is 14.3 Å². The monoisotopic (exact) mass is 434 g/mol. The lowest BCUT2D eigenvalue weighted by atomic mass is 9.62. The summed E-state index contributed by atoms with van der Waals surface area (Å²) >= 11 is 0.991. The summed E-state index contributed by atoms with van der Waals surface area (Å²) in [5.74, 6) is -0.0151. The molecule has 0 unspecified atom stereocenters. The van der Waals surface area contributed by atoms with Crippen molar-refractivity contribution in [3.05, 3.63) is 85.6 Å². The van der Waals surface area contributed by atoms with Crippen molar-refractivity contribution in [1.29, 1.82) is 0 Å². The molecule has 3 aromatic rings. The lowest BCUT2D eigenvalue weighted by molar-refractivity contribution is 0.331. The molecule has 4 rings (SSSR count). The number of rotatable bonds is 4. The fourth-order valence-electron chi connectivity index (χ4n) is 4.53. The van der Waals surface area contributed by atoms with E-state index in [-0.39, 0.29) is 21.6 Å². The Morgan fingerprint density at radius 2 is 1.81 bits per heavy atom. The average Bonchev–Trinajstić information content (AvgIpc) is 3.03. The van der Waals surface area contributed by atoms with Crippen molar-refractivity contribution in [1.82, 2.24) is 9.55 Å². The minimum absolute atomic E-state index is 0.0151. The van der Waals surface area contributed by atoms with Crippen LogP contribution in [0.3, 0.4) is 0 Å². The molecule has 0 saturated carbocycles. The van der Waals surface area contributed by atoms with Gasteiger partial charge in [-0.2, -0.15) is 0 Å². The van der Waals surface area contributed by atoms with Crippen LogP contribution in [0.15, 0.2) is 47.2 Å². The second-order valence-electron chi connectivity index (χ2n) is 9.96. The third-order valence-electron chi connectivity index (χ3n) is 6.76. The smallest absolute Gasteiger partial charge is 0.310 e. The van der Waals surface area contributed by atoms with Crippen molar-refractivity contribution in [2.45, 2.75) is 64.8 Å². The second-order valence-corrected chi connectivity index (χ2v) is 10.8. The van der Waals surface area contributed by atoms with Gasteiger partial charge in [0, 0.05) is 11.8 Å². The van der Waals surface area contributed by atoms with Crippen LogP contribution >= 0.6 is 11.3 Å². The Kier molecular flexibility index (Phi) is 5.21. The summed E-state index contributed by atoms with van der Waals surface area (Å²) < 4.78 is 1.34. The zero-order valence-corrected chi connectivity index (χ0v) is 19.8. The third kappa shape index (κ3) is 3.87. The van der Waals surface area contributed by atoms with Gasteiger partial charge in [0.2, 0.25) is 5.88 Å². The molecule has 0 bridgehead atoms. The van der Waals surface area contributed by atoms with E-state index in [1.807, 2.05) is 12.1 Å². The van der Waals surface area contributed by atoms with Gasteiger partial charge < -0.3 is 5.11 Å². The van der Waals surface area contributed by atoms with E-state index in [0.717, 1.165) is 33.7 Å². The van der Waals surface area contributed by atoms with E-state index in [9.17, 15) is 9.90 Å². The van der Waals surface area contributed by atoms with Crippen molar-refractivity contribution in [2.75, 3.05) is 0 Å². The molecule has 0 aliphatic heterocycles. The molecule has 0 saturated heterocycles. The van der Waals surface area contributed by atoms with Gasteiger partial charge in [-0.05, 0) is 70.5 Å². The lowest BCUT2D eigenvalue weighted by Crippen LogP contribution is -2.34. The van der Waals surface area contributed by atoms with Crippen LogP contribution in [0.5, 0.6) is 5.88 Å². The van der Waals surface area contributed by atoms with Crippen molar-refractivity contribution >= 4 is 16.9 Å². The van der Waals surface area contributed by atoms with Gasteiger partial charge in [0.15, 0.2) is 0 Å². The molecule has 4 nitrogen and oxygen atoms in total. The average molecular weight is 435 g/mol. The van der Waals surface area contributed by atoms with Gasteiger partial charge in [-0.1, -0.05) is 57.7 Å². The Morgan fingerprint density at radius 1 is 1.16 bits per heavy atom. The minimum atomic E-state index is -0.179. The Balaban J connectivity index is 1.66. The molecule has 1 aromatic carbocycles. The van der Waals surface area contributed by atoms with Gasteiger partial charge in [-0.15, -0.1) is 0 Å². The predicted molar refractivity (Wildman–Crippen MR) is 128 cm³/mol. The van der Waals surface area contributed by atoms with Crippen LogP contribution in [-0.2, 0) is 17.4 Å². The van der Waals surface area contributed by atoms with Gasteiger partial charge in [0.25, 0.3) is 0 Å². The lowest BCUT2D eigenvalue weighted by Gasteiger charge is -2.42. The number of hydrogen-bond donors (Lipinski definition) is 1. The van der Waals surface area contributed by atoms with Crippen molar-refractivity contribution < 1.29 is 5.11 Å². The van der Waals surface area contributed by atoms with E-state index in [2.05, 4.69) is 58.3 Å². The molecule has 0 atom stereocenters. The maximum atomic E-state index is 11.8. The molecule has 1 aliphatic rings. The summed E-state index contributed by atoms with van der Waals surface area (Å²) in [4.78, 5) is 16.3. The standard InChI is InChI=1S/C26H30N2O2S/c1-16-11-20-21(26(5,6)10-9-25(20,3)4)12-19(16)17(2)22-8-7-18(13-27-22)14-28-23(29)15-31-24(28)30/h7-8,11-13,15,29H,2,9-10,14H2,1,3-6H3. The first-order chi connectivity index (χ1) is 14.5. The molecule has 0 amide bonds. The van der Waals surface area contributed by atoms with Crippen molar-refractivity contribution in [3.63, 3.8) is 0 Å². The van der Waals surface area contributed by atoms with Gasteiger partial charge in [-0.25, -0.2) is 0 Å². The number of aromatic nitrogens is 2. The molecule has 0 spiro atoms. The first kappa shape index (κ1) is 21.6. The fourth-order valence-corrected chi connectivity index (χ4v) is 5.15. The van der Waals surface area contributed by atoms with Gasteiger partial charge in [0.1, 0.15) is 0 Å². The van der Waals surface area contributed by atoms with Crippen LogP contribution in [0, 0.1) is 6.92 Å². The Bertz CT molecular complexity index is 1210. The molecule has 5 heteroatoms. The summed E-state index contributed by atoms with van der Waals surface area (Å²) in [5.41, 5.74) is 8.12. The zero-order chi connectivity index (χ0) is 22.6. The molecular formula is C26H30N2O2S. The highest BCUT2D eigenvalue weighted by Crippen LogP contribution is 2.47. The second kappa shape index (κ2) is 7.49. The highest BCUT2D eigenvalue weighted by molar-refractivity contribution is 7.07. The minimum Gasteiger partial charge on any atom is -0.494 e. The number of hydrogen-bond acceptors (Lipinski definition) is 4. The van der Waals surface area contributed by atoms with E-state index < -0.39 is 0 Å². The number of thiazole rings is 1. The van der Waals surface area contributed by atoms with Crippen LogP contribution < -0.4 is 4.87 Å². The van der Waals surface area contributed by atoms with E-state index in [1.54, 1.807) is 6.20 Å². The van der Waals surface area contributed by atoms with Gasteiger partial charge >= 0.3 is 4.87 Å². The Labute approximate surface area is 187 Å². The summed E-state index contributed by atoms with van der Waals surface area (Å²) in [6, 6.07) is 8.56. The van der Waals surface area contributed by atoms with Crippen molar-refractivity contribution in [3.8, 4) is 5.88 Å². The fraction of sp³-hybridized carbons (Fsp3) is 0.385. The molecular weight excluding hydrogens is 404 g/mol. The Morgan fingerprint density at radius 3 is 2.35 bits per heavy atom. The van der Waals surface area contributed by atoms with E-state index >= 15 is 0 Å². The normalized spacial score (nSPS) is 16.7. The molecule has 1 N–H and O–H groups in total. The summed E-state index contributed by atoms with van der Waals surface area (Å²) in [7, 11) is 0. The summed E-state index contributed by atoms with van der Waals surface area (Å²) in [6.45, 7) is 16.2. The Hall–Kier alpha value is -2.66. The first-order valence-electron chi connectivity index (χ1n) is 10.7. The van der Waals surface area contributed by atoms with E-state index in [1.165, 1.54) is 39.5 Å². The van der Waals surface area contributed by atoms with E-state index in [0.29, 0.717) is 6.54 Å². The number of nitrogens with zero attached hydrogens (tertiary/aromatic N) is 2. The topological polar surface area (TPSA) is 55.1 Å². The SMILES string of the molecule is C=C(c1ccc(Cn2c(O)csc2=O)cn1)c1cc2c(cc1C)C(C)(C)CCC2(C)C. The highest BCUT2D eigenvalue weighted by atomic mass is 32.1. The van der Waals surface area contributed by atoms with Crippen LogP contribution in [0.2, 0.25) is 0 Å². The predicted octanol–water partition coefficient (Wildman–Crippen LogP) is 5.78.